The van der Waals surface area contributed by atoms with Gasteiger partial charge in [-0.3, -0.25) is 0 Å². The maximum Gasteiger partial charge on any atom is 0.148 e. The van der Waals surface area contributed by atoms with Crippen molar-refractivity contribution in [3.05, 3.63) is 40.1 Å². The van der Waals surface area contributed by atoms with Crippen molar-refractivity contribution in [2.24, 2.45) is 5.84 Å². The molecule has 21 heavy (non-hydrogen) atoms. The molecule has 2 aromatic rings. The second-order valence-electron chi connectivity index (χ2n) is 4.37. The van der Waals surface area contributed by atoms with Crippen molar-refractivity contribution < 1.29 is 0 Å². The summed E-state index contributed by atoms with van der Waals surface area (Å²) in [7, 11) is 0. The van der Waals surface area contributed by atoms with Crippen LogP contribution in [0.2, 0.25) is 0 Å². The van der Waals surface area contributed by atoms with Crippen LogP contribution in [0.1, 0.15) is 24.5 Å². The van der Waals surface area contributed by atoms with Gasteiger partial charge in [-0.15, -0.1) is 0 Å². The van der Waals surface area contributed by atoms with Crippen LogP contribution in [0.25, 0.3) is 0 Å². The molecule has 0 aliphatic carbocycles. The van der Waals surface area contributed by atoms with Gasteiger partial charge in [-0.2, -0.15) is 5.26 Å². The van der Waals surface area contributed by atoms with E-state index in [1.807, 2.05) is 12.1 Å². The van der Waals surface area contributed by atoms with E-state index in [2.05, 4.69) is 49.6 Å². The summed E-state index contributed by atoms with van der Waals surface area (Å²) in [6.45, 7) is 2.07. The van der Waals surface area contributed by atoms with Gasteiger partial charge < -0.3 is 10.7 Å². The Labute approximate surface area is 131 Å². The number of nitrogen functional groups attached to an aromatic ring is 1. The van der Waals surface area contributed by atoms with E-state index in [0.29, 0.717) is 22.9 Å². The molecular weight excluding hydrogens is 332 g/mol. The molecule has 7 heteroatoms. The summed E-state index contributed by atoms with van der Waals surface area (Å²) in [5.74, 6) is 6.73. The van der Waals surface area contributed by atoms with Crippen LogP contribution in [0.5, 0.6) is 0 Å². The third-order valence-electron chi connectivity index (χ3n) is 2.94. The Bertz CT molecular complexity index is 680. The molecule has 0 unspecified atom stereocenters. The predicted molar refractivity (Wildman–Crippen MR) is 86.0 cm³/mol. The first kappa shape index (κ1) is 15.2. The number of halogens is 1. The van der Waals surface area contributed by atoms with Crippen LogP contribution in [-0.4, -0.2) is 9.97 Å². The molecule has 0 atom stereocenters. The van der Waals surface area contributed by atoms with Crippen LogP contribution in [0, 0.1) is 11.3 Å². The highest BCUT2D eigenvalue weighted by molar-refractivity contribution is 9.10. The molecule has 0 spiro atoms. The minimum Gasteiger partial charge on any atom is -0.339 e. The fourth-order valence-electron chi connectivity index (χ4n) is 1.98. The van der Waals surface area contributed by atoms with Crippen molar-refractivity contribution >= 4 is 33.3 Å². The van der Waals surface area contributed by atoms with Gasteiger partial charge in [-0.1, -0.05) is 29.3 Å². The molecule has 0 aliphatic heterocycles. The molecule has 108 valence electrons. The molecule has 1 aromatic heterocycles. The van der Waals surface area contributed by atoms with E-state index in [1.165, 1.54) is 6.33 Å². The van der Waals surface area contributed by atoms with E-state index in [-0.39, 0.29) is 0 Å². The quantitative estimate of drug-likeness (QED) is 0.568. The van der Waals surface area contributed by atoms with Gasteiger partial charge in [0.05, 0.1) is 11.3 Å². The monoisotopic (exact) mass is 346 g/mol. The fraction of sp³-hybridized carbons (Fsp3) is 0.214. The zero-order chi connectivity index (χ0) is 15.2. The van der Waals surface area contributed by atoms with Crippen molar-refractivity contribution in [2.75, 3.05) is 10.7 Å². The Hall–Kier alpha value is -2.17. The lowest BCUT2D eigenvalue weighted by molar-refractivity contribution is 0.903. The van der Waals surface area contributed by atoms with E-state index in [0.717, 1.165) is 22.9 Å². The molecule has 0 fully saturated rings. The van der Waals surface area contributed by atoms with Crippen LogP contribution in [0.3, 0.4) is 0 Å². The van der Waals surface area contributed by atoms with E-state index in [9.17, 15) is 5.26 Å². The number of rotatable bonds is 5. The Morgan fingerprint density at radius 3 is 2.76 bits per heavy atom. The maximum absolute atomic E-state index is 9.22. The minimum absolute atomic E-state index is 0.535. The molecule has 2 rings (SSSR count). The standard InChI is InChI=1S/C14H15BrN6/c1-2-3-11-13(18-8-19-14(11)21-17)20-12-5-4-10(15)6-9(12)7-16/h4-6,8H,2-3,17H2,1H3,(H2,18,19,20,21). The summed E-state index contributed by atoms with van der Waals surface area (Å²) >= 11 is 3.35. The molecule has 4 N–H and O–H groups in total. The summed E-state index contributed by atoms with van der Waals surface area (Å²) in [6, 6.07) is 7.61. The Balaban J connectivity index is 2.42. The smallest absolute Gasteiger partial charge is 0.148 e. The first-order valence-corrected chi connectivity index (χ1v) is 7.26. The lowest BCUT2D eigenvalue weighted by atomic mass is 10.1. The average Bonchev–Trinajstić information content (AvgIpc) is 2.50. The topological polar surface area (TPSA) is 99.7 Å². The lowest BCUT2D eigenvalue weighted by Gasteiger charge is -2.14. The third-order valence-corrected chi connectivity index (χ3v) is 3.43. The van der Waals surface area contributed by atoms with Crippen molar-refractivity contribution in [2.45, 2.75) is 19.8 Å². The van der Waals surface area contributed by atoms with Gasteiger partial charge >= 0.3 is 0 Å². The number of anilines is 3. The number of hydrogen-bond acceptors (Lipinski definition) is 6. The predicted octanol–water partition coefficient (Wildman–Crippen LogP) is 3.09. The lowest BCUT2D eigenvalue weighted by Crippen LogP contribution is -2.13. The summed E-state index contributed by atoms with van der Waals surface area (Å²) < 4.78 is 0.852. The van der Waals surface area contributed by atoms with Gasteiger partial charge in [-0.25, -0.2) is 15.8 Å². The van der Waals surface area contributed by atoms with Gasteiger partial charge in [0.1, 0.15) is 24.0 Å². The average molecular weight is 347 g/mol. The molecule has 0 saturated carbocycles. The van der Waals surface area contributed by atoms with Crippen molar-refractivity contribution in [3.63, 3.8) is 0 Å². The van der Waals surface area contributed by atoms with E-state index in [4.69, 9.17) is 5.84 Å². The molecule has 0 bridgehead atoms. The number of nitrogens with zero attached hydrogens (tertiary/aromatic N) is 3. The largest absolute Gasteiger partial charge is 0.339 e. The first-order valence-electron chi connectivity index (χ1n) is 6.46. The zero-order valence-electron chi connectivity index (χ0n) is 11.5. The van der Waals surface area contributed by atoms with Gasteiger partial charge in [0, 0.05) is 10.0 Å². The van der Waals surface area contributed by atoms with E-state index >= 15 is 0 Å². The van der Waals surface area contributed by atoms with E-state index < -0.39 is 0 Å². The van der Waals surface area contributed by atoms with Crippen LogP contribution in [0.4, 0.5) is 17.3 Å². The molecule has 0 aliphatic rings. The van der Waals surface area contributed by atoms with Gasteiger partial charge in [0.2, 0.25) is 0 Å². The number of nitriles is 1. The maximum atomic E-state index is 9.22. The Morgan fingerprint density at radius 2 is 2.10 bits per heavy atom. The van der Waals surface area contributed by atoms with Gasteiger partial charge in [-0.05, 0) is 24.6 Å². The van der Waals surface area contributed by atoms with Crippen molar-refractivity contribution in [1.82, 2.24) is 9.97 Å². The highest BCUT2D eigenvalue weighted by Gasteiger charge is 2.12. The Kier molecular flexibility index (Phi) is 5.09. The summed E-state index contributed by atoms with van der Waals surface area (Å²) in [4.78, 5) is 8.38. The number of benzene rings is 1. The molecular formula is C14H15BrN6. The van der Waals surface area contributed by atoms with Gasteiger partial charge in [0.15, 0.2) is 0 Å². The first-order chi connectivity index (χ1) is 10.2. The highest BCUT2D eigenvalue weighted by atomic mass is 79.9. The SMILES string of the molecule is CCCc1c(NN)ncnc1Nc1ccc(Br)cc1C#N. The Morgan fingerprint density at radius 1 is 1.33 bits per heavy atom. The minimum atomic E-state index is 0.535. The normalized spacial score (nSPS) is 10.0. The summed E-state index contributed by atoms with van der Waals surface area (Å²) in [5.41, 5.74) is 4.71. The molecule has 1 heterocycles. The summed E-state index contributed by atoms with van der Waals surface area (Å²) in [6.07, 6.45) is 3.14. The highest BCUT2D eigenvalue weighted by Crippen LogP contribution is 2.27. The molecule has 6 nitrogen and oxygen atoms in total. The van der Waals surface area contributed by atoms with Crippen LogP contribution >= 0.6 is 15.9 Å². The second kappa shape index (κ2) is 7.02. The van der Waals surface area contributed by atoms with Crippen molar-refractivity contribution in [1.29, 1.82) is 5.26 Å². The van der Waals surface area contributed by atoms with Crippen LogP contribution in [-0.2, 0) is 6.42 Å². The van der Waals surface area contributed by atoms with Crippen LogP contribution < -0.4 is 16.6 Å². The van der Waals surface area contributed by atoms with E-state index in [1.54, 1.807) is 6.07 Å². The molecule has 1 aromatic carbocycles. The third kappa shape index (κ3) is 3.48. The molecule has 0 radical (unpaired) electrons. The molecule has 0 saturated heterocycles. The fourth-order valence-corrected chi connectivity index (χ4v) is 2.34. The number of nitrogens with one attached hydrogen (secondary N) is 2. The number of aromatic nitrogens is 2. The van der Waals surface area contributed by atoms with Gasteiger partial charge in [0.25, 0.3) is 0 Å². The van der Waals surface area contributed by atoms with Crippen LogP contribution in [0.15, 0.2) is 29.0 Å². The summed E-state index contributed by atoms with van der Waals surface area (Å²) in [5, 5.41) is 12.4. The second-order valence-corrected chi connectivity index (χ2v) is 5.29. The number of nitrogens with two attached hydrogens (primary N) is 1. The zero-order valence-corrected chi connectivity index (χ0v) is 13.1. The number of hydrogen-bond donors (Lipinski definition) is 3. The van der Waals surface area contributed by atoms with Crippen molar-refractivity contribution in [3.8, 4) is 6.07 Å². The number of hydrazine groups is 1. The molecule has 0 amide bonds.